The first-order valence-corrected chi connectivity index (χ1v) is 4.83. The molecule has 0 aromatic heterocycles. The molecule has 0 amide bonds. The minimum atomic E-state index is -0.496. The van der Waals surface area contributed by atoms with Gasteiger partial charge < -0.3 is 4.74 Å². The molecule has 1 aromatic rings. The van der Waals surface area contributed by atoms with Crippen LogP contribution in [0.2, 0.25) is 0 Å². The van der Waals surface area contributed by atoms with E-state index in [1.54, 1.807) is 0 Å². The highest BCUT2D eigenvalue weighted by atomic mass is 127. The average Bonchev–Trinajstić information content (AvgIpc) is 2.19. The molecule has 0 aliphatic rings. The molecule has 1 rings (SSSR count). The van der Waals surface area contributed by atoms with Crippen molar-refractivity contribution >= 4 is 28.6 Å². The minimum absolute atomic E-state index is 0.0547. The highest BCUT2D eigenvalue weighted by Gasteiger charge is 2.05. The monoisotopic (exact) mass is 304 g/mol. The van der Waals surface area contributed by atoms with Crippen LogP contribution in [0.4, 0.5) is 4.39 Å². The van der Waals surface area contributed by atoms with Crippen molar-refractivity contribution in [2.75, 3.05) is 6.61 Å². The fraction of sp³-hybridized carbons (Fsp3) is 0.100. The molecule has 0 radical (unpaired) electrons. The van der Waals surface area contributed by atoms with Gasteiger partial charge >= 0.3 is 5.97 Å². The van der Waals surface area contributed by atoms with Crippen LogP contribution in [0.15, 0.2) is 24.3 Å². The molecule has 14 heavy (non-hydrogen) atoms. The lowest BCUT2D eigenvalue weighted by atomic mass is 10.2. The normalized spacial score (nSPS) is 8.71. The lowest BCUT2D eigenvalue weighted by molar-refractivity contribution is 0.0556. The Labute approximate surface area is 94.6 Å². The summed E-state index contributed by atoms with van der Waals surface area (Å²) >= 11 is 1.85. The summed E-state index contributed by atoms with van der Waals surface area (Å²) < 4.78 is 19.8. The van der Waals surface area contributed by atoms with Crippen molar-refractivity contribution in [3.05, 3.63) is 35.6 Å². The molecule has 0 spiro atoms. The van der Waals surface area contributed by atoms with Gasteiger partial charge in [-0.3, -0.25) is 0 Å². The average molecular weight is 304 g/mol. The summed E-state index contributed by atoms with van der Waals surface area (Å²) in [6, 6.07) is 5.16. The predicted octanol–water partition coefficient (Wildman–Crippen LogP) is 2.38. The lowest BCUT2D eigenvalue weighted by Crippen LogP contribution is -2.04. The molecule has 0 N–H and O–H groups in total. The van der Waals surface area contributed by atoms with Gasteiger partial charge in [0.05, 0.1) is 5.56 Å². The van der Waals surface area contributed by atoms with Gasteiger partial charge in [-0.2, -0.15) is 0 Å². The molecular weight excluding hydrogens is 298 g/mol. The maximum Gasteiger partial charge on any atom is 0.339 e. The molecule has 0 fully saturated rings. The van der Waals surface area contributed by atoms with Gasteiger partial charge in [0.25, 0.3) is 0 Å². The van der Waals surface area contributed by atoms with Crippen LogP contribution in [0.5, 0.6) is 0 Å². The first kappa shape index (κ1) is 11.0. The summed E-state index contributed by atoms with van der Waals surface area (Å²) in [6.45, 7) is 0.0547. The molecule has 2 nitrogen and oxygen atoms in total. The number of hydrogen-bond acceptors (Lipinski definition) is 2. The van der Waals surface area contributed by atoms with E-state index in [-0.39, 0.29) is 12.4 Å². The smallest absolute Gasteiger partial charge is 0.339 e. The van der Waals surface area contributed by atoms with Gasteiger partial charge in [-0.1, -0.05) is 5.92 Å². The van der Waals surface area contributed by atoms with E-state index in [0.717, 1.165) is 0 Å². The van der Waals surface area contributed by atoms with Crippen molar-refractivity contribution in [3.63, 3.8) is 0 Å². The van der Waals surface area contributed by atoms with Crippen LogP contribution < -0.4 is 0 Å². The SMILES string of the molecule is O=C(OCC#CI)c1ccc(F)cc1. The van der Waals surface area contributed by atoms with Crippen molar-refractivity contribution in [2.24, 2.45) is 0 Å². The third kappa shape index (κ3) is 3.34. The minimum Gasteiger partial charge on any atom is -0.449 e. The number of rotatable bonds is 2. The number of esters is 1. The number of carbonyl (C=O) groups is 1. The van der Waals surface area contributed by atoms with Crippen LogP contribution in [0.25, 0.3) is 0 Å². The maximum absolute atomic E-state index is 12.5. The molecule has 0 aliphatic carbocycles. The molecular formula is C10H6FIO2. The maximum atomic E-state index is 12.5. The Morgan fingerprint density at radius 2 is 2.07 bits per heavy atom. The van der Waals surface area contributed by atoms with E-state index in [0.29, 0.717) is 5.56 Å². The van der Waals surface area contributed by atoms with Gasteiger partial charge in [0.15, 0.2) is 6.61 Å². The van der Waals surface area contributed by atoms with E-state index in [1.165, 1.54) is 24.3 Å². The second-order valence-electron chi connectivity index (χ2n) is 2.35. The zero-order valence-corrected chi connectivity index (χ0v) is 9.25. The Hall–Kier alpha value is -1.09. The van der Waals surface area contributed by atoms with Crippen LogP contribution >= 0.6 is 22.6 Å². The molecule has 72 valence electrons. The van der Waals surface area contributed by atoms with Gasteiger partial charge in [-0.25, -0.2) is 9.18 Å². The number of halogens is 2. The Morgan fingerprint density at radius 1 is 1.43 bits per heavy atom. The van der Waals surface area contributed by atoms with Crippen molar-refractivity contribution in [2.45, 2.75) is 0 Å². The van der Waals surface area contributed by atoms with Crippen molar-refractivity contribution < 1.29 is 13.9 Å². The van der Waals surface area contributed by atoms with E-state index in [9.17, 15) is 9.18 Å². The predicted molar refractivity (Wildman–Crippen MR) is 58.5 cm³/mol. The fourth-order valence-corrected chi connectivity index (χ4v) is 0.954. The van der Waals surface area contributed by atoms with Gasteiger partial charge in [-0.05, 0) is 28.2 Å². The zero-order chi connectivity index (χ0) is 10.4. The second kappa shape index (κ2) is 5.60. The number of hydrogen-bond donors (Lipinski definition) is 0. The van der Waals surface area contributed by atoms with Gasteiger partial charge in [-0.15, -0.1) is 0 Å². The van der Waals surface area contributed by atoms with E-state index >= 15 is 0 Å². The van der Waals surface area contributed by atoms with Crippen molar-refractivity contribution in [1.29, 1.82) is 0 Å². The molecule has 0 unspecified atom stereocenters. The van der Waals surface area contributed by atoms with Crippen LogP contribution in [0.3, 0.4) is 0 Å². The van der Waals surface area contributed by atoms with E-state index in [2.05, 4.69) is 9.85 Å². The molecule has 0 saturated heterocycles. The molecule has 0 heterocycles. The molecule has 4 heteroatoms. The summed E-state index contributed by atoms with van der Waals surface area (Å²) in [5.41, 5.74) is 0.321. The topological polar surface area (TPSA) is 26.3 Å². The molecule has 0 atom stereocenters. The zero-order valence-electron chi connectivity index (χ0n) is 7.09. The largest absolute Gasteiger partial charge is 0.449 e. The standard InChI is InChI=1S/C10H6FIO2/c11-9-4-2-8(3-5-9)10(13)14-7-1-6-12/h2-5H,7H2. The van der Waals surface area contributed by atoms with Crippen LogP contribution in [0.1, 0.15) is 10.4 Å². The van der Waals surface area contributed by atoms with E-state index in [1.807, 2.05) is 22.6 Å². The molecule has 0 aliphatic heterocycles. The van der Waals surface area contributed by atoms with Crippen molar-refractivity contribution in [1.82, 2.24) is 0 Å². The molecule has 1 aromatic carbocycles. The Balaban J connectivity index is 2.59. The highest BCUT2D eigenvalue weighted by molar-refractivity contribution is 14.1. The summed E-state index contributed by atoms with van der Waals surface area (Å²) in [6.07, 6.45) is 0. The Bertz CT molecular complexity index is 375. The molecule has 0 saturated carbocycles. The summed E-state index contributed by atoms with van der Waals surface area (Å²) in [5, 5.41) is 0. The lowest BCUT2D eigenvalue weighted by Gasteiger charge is -1.99. The van der Waals surface area contributed by atoms with E-state index in [4.69, 9.17) is 4.74 Å². The summed E-state index contributed by atoms with van der Waals surface area (Å²) in [7, 11) is 0. The Kier molecular flexibility index (Phi) is 4.40. The third-order valence-electron chi connectivity index (χ3n) is 1.42. The van der Waals surface area contributed by atoms with Crippen molar-refractivity contribution in [3.8, 4) is 9.85 Å². The first-order valence-electron chi connectivity index (χ1n) is 3.75. The van der Waals surface area contributed by atoms with Crippen LogP contribution in [0, 0.1) is 15.7 Å². The molecule has 0 bridgehead atoms. The highest BCUT2D eigenvalue weighted by Crippen LogP contribution is 2.04. The summed E-state index contributed by atoms with van der Waals surface area (Å²) in [4.78, 5) is 11.2. The Morgan fingerprint density at radius 3 is 2.64 bits per heavy atom. The second-order valence-corrected chi connectivity index (χ2v) is 2.89. The first-order chi connectivity index (χ1) is 6.74. The van der Waals surface area contributed by atoms with Crippen LogP contribution in [-0.4, -0.2) is 12.6 Å². The van der Waals surface area contributed by atoms with E-state index < -0.39 is 5.97 Å². The van der Waals surface area contributed by atoms with Gasteiger partial charge in [0, 0.05) is 22.6 Å². The van der Waals surface area contributed by atoms with Gasteiger partial charge in [0.2, 0.25) is 0 Å². The third-order valence-corrected chi connectivity index (χ3v) is 1.80. The number of benzene rings is 1. The van der Waals surface area contributed by atoms with Gasteiger partial charge in [0.1, 0.15) is 5.82 Å². The quantitative estimate of drug-likeness (QED) is 0.476. The number of carbonyl (C=O) groups excluding carboxylic acids is 1. The van der Waals surface area contributed by atoms with Crippen LogP contribution in [-0.2, 0) is 4.74 Å². The summed E-state index contributed by atoms with van der Waals surface area (Å²) in [5.74, 6) is 1.70. The fourth-order valence-electron chi connectivity index (χ4n) is 0.798. The number of ether oxygens (including phenoxy) is 1.